The lowest BCUT2D eigenvalue weighted by molar-refractivity contribution is -0.384. The summed E-state index contributed by atoms with van der Waals surface area (Å²) in [5.41, 5.74) is 1.69. The normalized spacial score (nSPS) is 11.0. The van der Waals surface area contributed by atoms with E-state index in [1.165, 1.54) is 0 Å². The van der Waals surface area contributed by atoms with Crippen molar-refractivity contribution in [3.05, 3.63) is 89.0 Å². The van der Waals surface area contributed by atoms with Gasteiger partial charge < -0.3 is 0 Å². The number of nitro groups is 1. The molecule has 23 heavy (non-hydrogen) atoms. The van der Waals surface area contributed by atoms with Gasteiger partial charge in [0.05, 0.1) is 10.5 Å². The molecule has 0 saturated carbocycles. The minimum absolute atomic E-state index is 0.139. The molecule has 0 heterocycles. The zero-order chi connectivity index (χ0) is 15.8. The highest BCUT2D eigenvalue weighted by Gasteiger charge is 2.18. The van der Waals surface area contributed by atoms with E-state index in [9.17, 15) is 10.1 Å². The Morgan fingerprint density at radius 3 is 2.00 bits per heavy atom. The van der Waals surface area contributed by atoms with E-state index in [4.69, 9.17) is 0 Å². The molecular weight excluding hydrogens is 286 g/mol. The molecule has 4 aromatic carbocycles. The lowest BCUT2D eigenvalue weighted by Crippen LogP contribution is -1.93. The van der Waals surface area contributed by atoms with Crippen LogP contribution >= 0.6 is 0 Å². The molecule has 4 aromatic rings. The Hall–Kier alpha value is -3.20. The fourth-order valence-corrected chi connectivity index (χ4v) is 3.06. The van der Waals surface area contributed by atoms with Gasteiger partial charge in [0, 0.05) is 6.07 Å². The first-order valence-corrected chi connectivity index (χ1v) is 7.39. The van der Waals surface area contributed by atoms with Crippen molar-refractivity contribution >= 4 is 27.2 Å². The Kier molecular flexibility index (Phi) is 3.05. The van der Waals surface area contributed by atoms with E-state index in [-0.39, 0.29) is 10.6 Å². The molecule has 0 fully saturated rings. The molecule has 3 nitrogen and oxygen atoms in total. The summed E-state index contributed by atoms with van der Waals surface area (Å²) in [6.07, 6.45) is 0. The predicted molar refractivity (Wildman–Crippen MR) is 93.5 cm³/mol. The summed E-state index contributed by atoms with van der Waals surface area (Å²) in [5.74, 6) is 0. The molecule has 0 unspecified atom stereocenters. The first kappa shape index (κ1) is 13.5. The quantitative estimate of drug-likeness (QED) is 0.359. The van der Waals surface area contributed by atoms with Crippen LogP contribution < -0.4 is 0 Å². The molecule has 0 N–H and O–H groups in total. The van der Waals surface area contributed by atoms with Crippen LogP contribution in [0.15, 0.2) is 78.9 Å². The molecule has 110 valence electrons. The van der Waals surface area contributed by atoms with E-state index in [0.717, 1.165) is 27.1 Å². The molecule has 0 bridgehead atoms. The fraction of sp³-hybridized carbons (Fsp3) is 0. The number of hydrogen-bond donors (Lipinski definition) is 0. The molecule has 0 aliphatic rings. The number of nitro benzene ring substituents is 1. The summed E-state index contributed by atoms with van der Waals surface area (Å²) in [5, 5.41) is 15.6. The highest BCUT2D eigenvalue weighted by atomic mass is 16.6. The summed E-state index contributed by atoms with van der Waals surface area (Å²) in [4.78, 5) is 11.3. The van der Waals surface area contributed by atoms with Gasteiger partial charge in [0.15, 0.2) is 0 Å². The minimum Gasteiger partial charge on any atom is -0.258 e. The molecule has 0 aliphatic carbocycles. The maximum absolute atomic E-state index is 11.6. The van der Waals surface area contributed by atoms with Gasteiger partial charge in [-0.25, -0.2) is 0 Å². The molecule has 0 atom stereocenters. The smallest absolute Gasteiger partial charge is 0.258 e. The summed E-state index contributed by atoms with van der Waals surface area (Å²) in [6, 6.07) is 25.1. The third kappa shape index (κ3) is 2.23. The van der Waals surface area contributed by atoms with Crippen molar-refractivity contribution in [1.82, 2.24) is 0 Å². The van der Waals surface area contributed by atoms with Crippen LogP contribution in [-0.4, -0.2) is 4.92 Å². The van der Waals surface area contributed by atoms with Crippen LogP contribution in [0, 0.1) is 10.1 Å². The van der Waals surface area contributed by atoms with E-state index in [1.54, 1.807) is 6.07 Å². The monoisotopic (exact) mass is 299 g/mol. The maximum Gasteiger partial charge on any atom is 0.277 e. The van der Waals surface area contributed by atoms with Crippen LogP contribution in [0.5, 0.6) is 0 Å². The van der Waals surface area contributed by atoms with Gasteiger partial charge in [0.1, 0.15) is 0 Å². The summed E-state index contributed by atoms with van der Waals surface area (Å²) in [7, 11) is 0. The maximum atomic E-state index is 11.6. The molecule has 0 radical (unpaired) electrons. The van der Waals surface area contributed by atoms with Crippen LogP contribution in [0.3, 0.4) is 0 Å². The highest BCUT2D eigenvalue weighted by Crippen LogP contribution is 2.37. The van der Waals surface area contributed by atoms with Gasteiger partial charge in [-0.2, -0.15) is 0 Å². The number of hydrogen-bond acceptors (Lipinski definition) is 2. The first-order valence-electron chi connectivity index (χ1n) is 7.39. The molecule has 0 aromatic heterocycles. The molecule has 0 aliphatic heterocycles. The van der Waals surface area contributed by atoms with Crippen molar-refractivity contribution in [1.29, 1.82) is 0 Å². The first-order chi connectivity index (χ1) is 11.2. The Labute approximate surface area is 133 Å². The number of fused-ring (bicyclic) bond motifs is 2. The average molecular weight is 299 g/mol. The van der Waals surface area contributed by atoms with Gasteiger partial charge in [-0.15, -0.1) is 0 Å². The standard InChI is InChI=1S/C20H13NO2/c22-21(23)20-13-16-8-2-1-7-15(16)12-19(20)18-11-5-9-14-6-3-4-10-17(14)18/h1-13H. The summed E-state index contributed by atoms with van der Waals surface area (Å²) >= 11 is 0. The molecule has 3 heteroatoms. The Morgan fingerprint density at radius 1 is 0.652 bits per heavy atom. The van der Waals surface area contributed by atoms with E-state index >= 15 is 0 Å². The van der Waals surface area contributed by atoms with Crippen LogP contribution in [0.1, 0.15) is 0 Å². The van der Waals surface area contributed by atoms with Gasteiger partial charge >= 0.3 is 0 Å². The highest BCUT2D eigenvalue weighted by molar-refractivity contribution is 6.02. The zero-order valence-corrected chi connectivity index (χ0v) is 12.3. The van der Waals surface area contributed by atoms with Gasteiger partial charge in [-0.1, -0.05) is 66.7 Å². The van der Waals surface area contributed by atoms with Gasteiger partial charge in [0.2, 0.25) is 0 Å². The molecule has 0 saturated heterocycles. The summed E-state index contributed by atoms with van der Waals surface area (Å²) < 4.78 is 0. The predicted octanol–water partition coefficient (Wildman–Crippen LogP) is 5.57. The topological polar surface area (TPSA) is 43.1 Å². The van der Waals surface area contributed by atoms with Crippen molar-refractivity contribution < 1.29 is 4.92 Å². The van der Waals surface area contributed by atoms with Crippen LogP contribution in [0.2, 0.25) is 0 Å². The van der Waals surface area contributed by atoms with Crippen molar-refractivity contribution in [2.24, 2.45) is 0 Å². The Morgan fingerprint density at radius 2 is 1.26 bits per heavy atom. The fourth-order valence-electron chi connectivity index (χ4n) is 3.06. The minimum atomic E-state index is -0.302. The van der Waals surface area contributed by atoms with E-state index in [0.29, 0.717) is 5.56 Å². The second-order valence-corrected chi connectivity index (χ2v) is 5.50. The van der Waals surface area contributed by atoms with Gasteiger partial charge in [0.25, 0.3) is 5.69 Å². The van der Waals surface area contributed by atoms with Crippen molar-refractivity contribution in [2.45, 2.75) is 0 Å². The second-order valence-electron chi connectivity index (χ2n) is 5.50. The lowest BCUT2D eigenvalue weighted by atomic mass is 9.95. The van der Waals surface area contributed by atoms with E-state index in [1.807, 2.05) is 72.8 Å². The Bertz CT molecular complexity index is 1050. The van der Waals surface area contributed by atoms with Crippen molar-refractivity contribution in [3.63, 3.8) is 0 Å². The van der Waals surface area contributed by atoms with Gasteiger partial charge in [-0.3, -0.25) is 10.1 Å². The second kappa shape index (κ2) is 5.21. The zero-order valence-electron chi connectivity index (χ0n) is 12.3. The average Bonchev–Trinajstić information content (AvgIpc) is 2.60. The van der Waals surface area contributed by atoms with E-state index in [2.05, 4.69) is 0 Å². The van der Waals surface area contributed by atoms with Crippen molar-refractivity contribution in [3.8, 4) is 11.1 Å². The Balaban J connectivity index is 2.11. The number of nitrogens with zero attached hydrogens (tertiary/aromatic N) is 1. The van der Waals surface area contributed by atoms with Crippen molar-refractivity contribution in [2.75, 3.05) is 0 Å². The SMILES string of the molecule is O=[N+]([O-])c1cc2ccccc2cc1-c1cccc2ccccc12. The largest absolute Gasteiger partial charge is 0.277 e. The molecular formula is C20H13NO2. The number of benzene rings is 4. The van der Waals surface area contributed by atoms with Crippen LogP contribution in [-0.2, 0) is 0 Å². The third-order valence-electron chi connectivity index (χ3n) is 4.14. The lowest BCUT2D eigenvalue weighted by Gasteiger charge is -2.09. The third-order valence-corrected chi connectivity index (χ3v) is 4.14. The van der Waals surface area contributed by atoms with Gasteiger partial charge in [-0.05, 0) is 33.2 Å². The molecule has 4 rings (SSSR count). The van der Waals surface area contributed by atoms with Crippen LogP contribution in [0.4, 0.5) is 5.69 Å². The summed E-state index contributed by atoms with van der Waals surface area (Å²) in [6.45, 7) is 0. The molecule has 0 amide bonds. The molecule has 0 spiro atoms. The van der Waals surface area contributed by atoms with Crippen LogP contribution in [0.25, 0.3) is 32.7 Å². The number of rotatable bonds is 2. The van der Waals surface area contributed by atoms with E-state index < -0.39 is 0 Å².